The summed E-state index contributed by atoms with van der Waals surface area (Å²) < 4.78 is 29.4. The van der Waals surface area contributed by atoms with Crippen LogP contribution >= 0.6 is 11.3 Å². The summed E-state index contributed by atoms with van der Waals surface area (Å²) in [5.74, 6) is 1.83. The number of methoxy groups -OCH3 is 2. The highest BCUT2D eigenvalue weighted by Gasteiger charge is 2.35. The fourth-order valence-electron chi connectivity index (χ4n) is 4.49. The van der Waals surface area contributed by atoms with Gasteiger partial charge in [-0.15, -0.1) is 0 Å². The van der Waals surface area contributed by atoms with Crippen molar-refractivity contribution in [1.29, 1.82) is 0 Å². The summed E-state index contributed by atoms with van der Waals surface area (Å²) >= 11 is 1.25. The number of esters is 1. The topological polar surface area (TPSA) is 97.6 Å². The molecule has 0 bridgehead atoms. The standard InChI is InChI=1S/C27H26N2O7S/c1-6-34-26(31)23-15(3)28-27-29(24(23)18-12-17(32-4)7-8-19(18)33-5)25(30)22(37-27)11-16-10-21-20(9-14(16)2)35-13-36-21/h7-12,24H,6,13H2,1-5H3/b22-11-/t24-/m0/s1. The number of fused-ring (bicyclic) bond motifs is 2. The van der Waals surface area contributed by atoms with Crippen molar-refractivity contribution in [3.05, 3.63) is 78.0 Å². The summed E-state index contributed by atoms with van der Waals surface area (Å²) in [6, 6.07) is 8.19. The number of carbonyl (C=O) groups is 1. The Balaban J connectivity index is 1.76. The van der Waals surface area contributed by atoms with E-state index in [9.17, 15) is 9.59 Å². The fraction of sp³-hybridized carbons (Fsp3) is 0.296. The summed E-state index contributed by atoms with van der Waals surface area (Å²) in [6.45, 7) is 5.77. The molecule has 0 spiro atoms. The lowest BCUT2D eigenvalue weighted by Gasteiger charge is -2.26. The molecule has 2 aromatic carbocycles. The number of carbonyl (C=O) groups excluding carboxylic acids is 1. The lowest BCUT2D eigenvalue weighted by Crippen LogP contribution is -2.40. The Bertz CT molecular complexity index is 1620. The molecule has 192 valence electrons. The first-order valence-electron chi connectivity index (χ1n) is 11.7. The highest BCUT2D eigenvalue weighted by molar-refractivity contribution is 7.07. The van der Waals surface area contributed by atoms with Crippen molar-refractivity contribution in [1.82, 2.24) is 4.57 Å². The van der Waals surface area contributed by atoms with E-state index in [-0.39, 0.29) is 24.5 Å². The molecular weight excluding hydrogens is 496 g/mol. The molecular formula is C27H26N2O7S. The van der Waals surface area contributed by atoms with Gasteiger partial charge in [0.1, 0.15) is 17.5 Å². The van der Waals surface area contributed by atoms with Gasteiger partial charge in [0.2, 0.25) is 6.79 Å². The largest absolute Gasteiger partial charge is 0.497 e. The molecule has 0 saturated carbocycles. The van der Waals surface area contributed by atoms with Crippen LogP contribution in [-0.4, -0.2) is 38.2 Å². The SMILES string of the molecule is CCOC(=O)C1=C(C)N=c2s/c(=C\c3cc4c(cc3C)OCO4)c(=O)n2[C@H]1c1cc(OC)ccc1OC. The zero-order chi connectivity index (χ0) is 26.3. The van der Waals surface area contributed by atoms with E-state index in [1.165, 1.54) is 23.0 Å². The maximum Gasteiger partial charge on any atom is 0.338 e. The van der Waals surface area contributed by atoms with E-state index in [0.717, 1.165) is 11.1 Å². The minimum atomic E-state index is -0.819. The summed E-state index contributed by atoms with van der Waals surface area (Å²) in [4.78, 5) is 32.2. The maximum absolute atomic E-state index is 13.9. The number of hydrogen-bond acceptors (Lipinski definition) is 9. The first-order valence-corrected chi connectivity index (χ1v) is 12.5. The Morgan fingerprint density at radius 1 is 1.16 bits per heavy atom. The van der Waals surface area contributed by atoms with Crippen molar-refractivity contribution in [2.75, 3.05) is 27.6 Å². The number of hydrogen-bond donors (Lipinski definition) is 0. The van der Waals surface area contributed by atoms with E-state index in [4.69, 9.17) is 23.7 Å². The summed E-state index contributed by atoms with van der Waals surface area (Å²) in [7, 11) is 3.09. The quantitative estimate of drug-likeness (QED) is 0.459. The number of ether oxygens (including phenoxy) is 5. The highest BCUT2D eigenvalue weighted by atomic mass is 32.1. The molecule has 0 aliphatic carbocycles. The monoisotopic (exact) mass is 522 g/mol. The third kappa shape index (κ3) is 4.27. The minimum Gasteiger partial charge on any atom is -0.497 e. The first-order chi connectivity index (χ1) is 17.9. The molecule has 3 heterocycles. The molecule has 0 fully saturated rings. The molecule has 2 aliphatic rings. The van der Waals surface area contributed by atoms with Gasteiger partial charge in [0.15, 0.2) is 16.3 Å². The van der Waals surface area contributed by atoms with Crippen molar-refractivity contribution in [3.8, 4) is 23.0 Å². The molecule has 0 unspecified atom stereocenters. The molecule has 37 heavy (non-hydrogen) atoms. The molecule has 2 aliphatic heterocycles. The van der Waals surface area contributed by atoms with E-state index in [1.54, 1.807) is 39.2 Å². The number of aromatic nitrogens is 1. The zero-order valence-corrected chi connectivity index (χ0v) is 21.9. The van der Waals surface area contributed by atoms with Gasteiger partial charge in [-0.05, 0) is 68.3 Å². The van der Waals surface area contributed by atoms with Crippen LogP contribution in [-0.2, 0) is 9.53 Å². The van der Waals surface area contributed by atoms with Gasteiger partial charge in [0.05, 0.1) is 36.6 Å². The third-order valence-electron chi connectivity index (χ3n) is 6.30. The number of rotatable bonds is 6. The van der Waals surface area contributed by atoms with Gasteiger partial charge in [-0.25, -0.2) is 9.79 Å². The van der Waals surface area contributed by atoms with Crippen LogP contribution in [0.2, 0.25) is 0 Å². The van der Waals surface area contributed by atoms with Crippen LogP contribution in [0.4, 0.5) is 0 Å². The van der Waals surface area contributed by atoms with Gasteiger partial charge in [0, 0.05) is 5.56 Å². The Morgan fingerprint density at radius 2 is 1.92 bits per heavy atom. The van der Waals surface area contributed by atoms with E-state index in [0.29, 0.717) is 43.6 Å². The van der Waals surface area contributed by atoms with Crippen molar-refractivity contribution in [3.63, 3.8) is 0 Å². The Kier molecular flexibility index (Phi) is 6.51. The molecule has 5 rings (SSSR count). The molecule has 1 atom stereocenters. The van der Waals surface area contributed by atoms with E-state index < -0.39 is 12.0 Å². The summed E-state index contributed by atoms with van der Waals surface area (Å²) in [5.41, 5.74) is 2.80. The highest BCUT2D eigenvalue weighted by Crippen LogP contribution is 2.38. The normalized spacial score (nSPS) is 16.4. The van der Waals surface area contributed by atoms with Crippen LogP contribution in [0.5, 0.6) is 23.0 Å². The Labute approximate surface area is 216 Å². The van der Waals surface area contributed by atoms with Crippen LogP contribution < -0.4 is 33.8 Å². The number of allylic oxidation sites excluding steroid dienone is 1. The van der Waals surface area contributed by atoms with Gasteiger partial charge in [-0.3, -0.25) is 9.36 Å². The second kappa shape index (κ2) is 9.78. The van der Waals surface area contributed by atoms with E-state index in [2.05, 4.69) is 4.99 Å². The predicted molar refractivity (Wildman–Crippen MR) is 137 cm³/mol. The molecule has 9 nitrogen and oxygen atoms in total. The van der Waals surface area contributed by atoms with Gasteiger partial charge in [-0.1, -0.05) is 11.3 Å². The second-order valence-electron chi connectivity index (χ2n) is 8.47. The van der Waals surface area contributed by atoms with Crippen LogP contribution in [0.3, 0.4) is 0 Å². The summed E-state index contributed by atoms with van der Waals surface area (Å²) in [5, 5.41) is 0. The fourth-order valence-corrected chi connectivity index (χ4v) is 5.53. The van der Waals surface area contributed by atoms with E-state index in [1.807, 2.05) is 25.1 Å². The molecule has 0 N–H and O–H groups in total. The average molecular weight is 523 g/mol. The van der Waals surface area contributed by atoms with Gasteiger partial charge >= 0.3 is 5.97 Å². The first kappa shape index (κ1) is 24.6. The average Bonchev–Trinajstić information content (AvgIpc) is 3.46. The van der Waals surface area contributed by atoms with E-state index >= 15 is 0 Å². The number of thiazole rings is 1. The van der Waals surface area contributed by atoms with Crippen molar-refractivity contribution in [2.45, 2.75) is 26.8 Å². The number of benzene rings is 2. The van der Waals surface area contributed by atoms with Crippen molar-refractivity contribution < 1.29 is 28.5 Å². The lowest BCUT2D eigenvalue weighted by molar-refractivity contribution is -0.139. The second-order valence-corrected chi connectivity index (χ2v) is 9.48. The number of aryl methyl sites for hydroxylation is 1. The third-order valence-corrected chi connectivity index (χ3v) is 7.28. The smallest absolute Gasteiger partial charge is 0.338 e. The van der Waals surface area contributed by atoms with Crippen molar-refractivity contribution in [2.24, 2.45) is 4.99 Å². The lowest BCUT2D eigenvalue weighted by atomic mass is 9.94. The van der Waals surface area contributed by atoms with Crippen LogP contribution in [0.1, 0.15) is 36.6 Å². The molecule has 10 heteroatoms. The minimum absolute atomic E-state index is 0.165. The molecule has 0 amide bonds. The number of nitrogens with zero attached hydrogens (tertiary/aromatic N) is 2. The molecule has 1 aromatic heterocycles. The van der Waals surface area contributed by atoms with Gasteiger partial charge in [-0.2, -0.15) is 0 Å². The Hall–Kier alpha value is -4.05. The molecule has 0 radical (unpaired) electrons. The molecule has 0 saturated heterocycles. The van der Waals surface area contributed by atoms with Crippen LogP contribution in [0, 0.1) is 6.92 Å². The van der Waals surface area contributed by atoms with Crippen LogP contribution in [0.25, 0.3) is 6.08 Å². The zero-order valence-electron chi connectivity index (χ0n) is 21.1. The van der Waals surface area contributed by atoms with Crippen LogP contribution in [0.15, 0.2) is 51.4 Å². The molecule has 3 aromatic rings. The van der Waals surface area contributed by atoms with Crippen molar-refractivity contribution >= 4 is 23.4 Å². The maximum atomic E-state index is 13.9. The van der Waals surface area contributed by atoms with Gasteiger partial charge < -0.3 is 23.7 Å². The Morgan fingerprint density at radius 3 is 2.62 bits per heavy atom. The summed E-state index contributed by atoms with van der Waals surface area (Å²) in [6.07, 6.45) is 1.81. The van der Waals surface area contributed by atoms with Gasteiger partial charge in [0.25, 0.3) is 5.56 Å². The predicted octanol–water partition coefficient (Wildman–Crippen LogP) is 2.85.